The van der Waals surface area contributed by atoms with Crippen molar-refractivity contribution in [3.63, 3.8) is 0 Å². The minimum absolute atomic E-state index is 0.0303. The number of hydrogen-bond acceptors (Lipinski definition) is 5. The van der Waals surface area contributed by atoms with Gasteiger partial charge in [-0.1, -0.05) is 12.1 Å². The molecule has 1 aromatic carbocycles. The van der Waals surface area contributed by atoms with E-state index in [1.807, 2.05) is 5.32 Å². The van der Waals surface area contributed by atoms with Crippen molar-refractivity contribution >= 4 is 17.8 Å². The van der Waals surface area contributed by atoms with E-state index in [0.29, 0.717) is 24.5 Å². The van der Waals surface area contributed by atoms with Gasteiger partial charge in [0.2, 0.25) is 0 Å². The number of nitrogens with two attached hydrogens (primary N) is 1. The molecule has 8 heteroatoms. The standard InChI is InChI=1S/C14H18N2O6/c15-6-1-7-22-10-4-2-9(3-5-10)8-11(13(18)19)16-12(17)14(20)21/h2-5,11H,1,6-8,15H2,(H,16,17)(H,18,19)(H,20,21)/t11-/m1/s1. The van der Waals surface area contributed by atoms with Gasteiger partial charge in [0.1, 0.15) is 11.8 Å². The van der Waals surface area contributed by atoms with Crippen molar-refractivity contribution in [2.75, 3.05) is 13.2 Å². The lowest BCUT2D eigenvalue weighted by Gasteiger charge is -2.13. The van der Waals surface area contributed by atoms with Crippen LogP contribution in [0.4, 0.5) is 0 Å². The second kappa shape index (κ2) is 8.63. The van der Waals surface area contributed by atoms with Gasteiger partial charge in [-0.3, -0.25) is 4.79 Å². The Bertz CT molecular complexity index is 529. The summed E-state index contributed by atoms with van der Waals surface area (Å²) in [5, 5.41) is 19.4. The molecule has 1 atom stereocenters. The normalized spacial score (nSPS) is 11.5. The Morgan fingerprint density at radius 1 is 1.18 bits per heavy atom. The van der Waals surface area contributed by atoms with Gasteiger partial charge >= 0.3 is 17.8 Å². The van der Waals surface area contributed by atoms with E-state index in [2.05, 4.69) is 0 Å². The monoisotopic (exact) mass is 310 g/mol. The molecule has 0 bridgehead atoms. The number of carbonyl (C=O) groups is 3. The second-order valence-electron chi connectivity index (χ2n) is 4.51. The number of carbonyl (C=O) groups excluding carboxylic acids is 1. The predicted molar refractivity (Wildman–Crippen MR) is 76.5 cm³/mol. The molecule has 0 fully saturated rings. The topological polar surface area (TPSA) is 139 Å². The molecule has 0 saturated heterocycles. The smallest absolute Gasteiger partial charge is 0.394 e. The molecule has 1 rings (SSSR count). The van der Waals surface area contributed by atoms with E-state index in [1.165, 1.54) is 0 Å². The highest BCUT2D eigenvalue weighted by Gasteiger charge is 2.23. The zero-order valence-electron chi connectivity index (χ0n) is 11.8. The number of carboxylic acid groups (broad SMARTS) is 2. The van der Waals surface area contributed by atoms with E-state index in [1.54, 1.807) is 24.3 Å². The van der Waals surface area contributed by atoms with E-state index < -0.39 is 23.9 Å². The van der Waals surface area contributed by atoms with E-state index in [-0.39, 0.29) is 6.42 Å². The van der Waals surface area contributed by atoms with E-state index in [9.17, 15) is 14.4 Å². The van der Waals surface area contributed by atoms with Crippen LogP contribution in [0.25, 0.3) is 0 Å². The third-order valence-electron chi connectivity index (χ3n) is 2.78. The molecule has 8 nitrogen and oxygen atoms in total. The van der Waals surface area contributed by atoms with Crippen LogP contribution in [0.15, 0.2) is 24.3 Å². The number of ether oxygens (including phenoxy) is 1. The first-order chi connectivity index (χ1) is 10.4. The van der Waals surface area contributed by atoms with Crippen LogP contribution in [-0.4, -0.2) is 47.3 Å². The SMILES string of the molecule is NCCCOc1ccc(C[C@@H](NC(=O)C(=O)O)C(=O)O)cc1. The molecule has 0 radical (unpaired) electrons. The molecule has 5 N–H and O–H groups in total. The van der Waals surface area contributed by atoms with Crippen molar-refractivity contribution in [2.24, 2.45) is 5.73 Å². The number of rotatable bonds is 8. The molecule has 0 aliphatic carbocycles. The first kappa shape index (κ1) is 17.4. The zero-order chi connectivity index (χ0) is 16.5. The summed E-state index contributed by atoms with van der Waals surface area (Å²) in [4.78, 5) is 32.6. The summed E-state index contributed by atoms with van der Waals surface area (Å²) in [6, 6.07) is 5.34. The number of aliphatic carboxylic acids is 2. The maximum Gasteiger partial charge on any atom is 0.394 e. The summed E-state index contributed by atoms with van der Waals surface area (Å²) in [6.45, 7) is 1.02. The molecular weight excluding hydrogens is 292 g/mol. The maximum absolute atomic E-state index is 11.1. The number of nitrogens with one attached hydrogen (secondary N) is 1. The lowest BCUT2D eigenvalue weighted by Crippen LogP contribution is -2.45. The Labute approximate surface area is 126 Å². The molecule has 0 aliphatic heterocycles. The third-order valence-corrected chi connectivity index (χ3v) is 2.78. The van der Waals surface area contributed by atoms with Crippen molar-refractivity contribution in [3.8, 4) is 5.75 Å². The van der Waals surface area contributed by atoms with Gasteiger partial charge in [0.25, 0.3) is 0 Å². The van der Waals surface area contributed by atoms with Crippen LogP contribution < -0.4 is 15.8 Å². The molecule has 120 valence electrons. The third kappa shape index (κ3) is 5.80. The number of benzene rings is 1. The Balaban J connectivity index is 2.64. The summed E-state index contributed by atoms with van der Waals surface area (Å²) in [5.41, 5.74) is 5.98. The van der Waals surface area contributed by atoms with Gasteiger partial charge in [-0.2, -0.15) is 0 Å². The lowest BCUT2D eigenvalue weighted by molar-refractivity contribution is -0.152. The fourth-order valence-corrected chi connectivity index (χ4v) is 1.65. The van der Waals surface area contributed by atoms with Gasteiger partial charge in [-0.15, -0.1) is 0 Å². The van der Waals surface area contributed by atoms with Gasteiger partial charge in [-0.25, -0.2) is 9.59 Å². The Morgan fingerprint density at radius 3 is 2.32 bits per heavy atom. The summed E-state index contributed by atoms with van der Waals surface area (Å²) < 4.78 is 5.41. The quantitative estimate of drug-likeness (QED) is 0.379. The van der Waals surface area contributed by atoms with Gasteiger partial charge in [0.15, 0.2) is 0 Å². The minimum Gasteiger partial charge on any atom is -0.494 e. The highest BCUT2D eigenvalue weighted by atomic mass is 16.5. The molecule has 0 saturated carbocycles. The fourth-order valence-electron chi connectivity index (χ4n) is 1.65. The molecule has 1 aromatic rings. The Kier molecular flexibility index (Phi) is 6.84. The highest BCUT2D eigenvalue weighted by Crippen LogP contribution is 2.14. The molecule has 0 aliphatic rings. The van der Waals surface area contributed by atoms with E-state index in [0.717, 1.165) is 6.42 Å². The first-order valence-corrected chi connectivity index (χ1v) is 6.62. The van der Waals surface area contributed by atoms with E-state index in [4.69, 9.17) is 20.7 Å². The van der Waals surface area contributed by atoms with Crippen molar-refractivity contribution in [3.05, 3.63) is 29.8 Å². The maximum atomic E-state index is 11.1. The molecule has 0 spiro atoms. The summed E-state index contributed by atoms with van der Waals surface area (Å²) in [7, 11) is 0. The van der Waals surface area contributed by atoms with Gasteiger partial charge in [-0.05, 0) is 30.7 Å². The number of amides is 1. The van der Waals surface area contributed by atoms with Gasteiger partial charge in [0, 0.05) is 6.42 Å². The Morgan fingerprint density at radius 2 is 1.82 bits per heavy atom. The fraction of sp³-hybridized carbons (Fsp3) is 0.357. The van der Waals surface area contributed by atoms with Crippen LogP contribution in [-0.2, 0) is 20.8 Å². The van der Waals surface area contributed by atoms with Crippen molar-refractivity contribution in [2.45, 2.75) is 18.9 Å². The molecule has 1 amide bonds. The van der Waals surface area contributed by atoms with Crippen molar-refractivity contribution in [1.29, 1.82) is 0 Å². The van der Waals surface area contributed by atoms with E-state index >= 15 is 0 Å². The van der Waals surface area contributed by atoms with Crippen molar-refractivity contribution in [1.82, 2.24) is 5.32 Å². The molecular formula is C14H18N2O6. The number of hydrogen-bond donors (Lipinski definition) is 4. The second-order valence-corrected chi connectivity index (χ2v) is 4.51. The van der Waals surface area contributed by atoms with Crippen LogP contribution in [0.2, 0.25) is 0 Å². The average Bonchev–Trinajstić information content (AvgIpc) is 2.48. The number of carboxylic acids is 2. The van der Waals surface area contributed by atoms with Crippen LogP contribution in [0.1, 0.15) is 12.0 Å². The molecule has 0 heterocycles. The summed E-state index contributed by atoms with van der Waals surface area (Å²) >= 11 is 0. The summed E-state index contributed by atoms with van der Waals surface area (Å²) in [6.07, 6.45) is 0.696. The summed E-state index contributed by atoms with van der Waals surface area (Å²) in [5.74, 6) is -3.76. The van der Waals surface area contributed by atoms with Crippen LogP contribution in [0, 0.1) is 0 Å². The lowest BCUT2D eigenvalue weighted by atomic mass is 10.1. The molecule has 0 unspecified atom stereocenters. The largest absolute Gasteiger partial charge is 0.494 e. The predicted octanol–water partition coefficient (Wildman–Crippen LogP) is -0.389. The zero-order valence-corrected chi connectivity index (χ0v) is 11.8. The van der Waals surface area contributed by atoms with Crippen molar-refractivity contribution < 1.29 is 29.3 Å². The molecule has 22 heavy (non-hydrogen) atoms. The van der Waals surface area contributed by atoms with Gasteiger partial charge in [0.05, 0.1) is 6.61 Å². The minimum atomic E-state index is -1.73. The van der Waals surface area contributed by atoms with Crippen LogP contribution >= 0.6 is 0 Å². The molecule has 0 aromatic heterocycles. The average molecular weight is 310 g/mol. The Hall–Kier alpha value is -2.61. The first-order valence-electron chi connectivity index (χ1n) is 6.62. The highest BCUT2D eigenvalue weighted by molar-refractivity contribution is 6.31. The van der Waals surface area contributed by atoms with Crippen LogP contribution in [0.5, 0.6) is 5.75 Å². The van der Waals surface area contributed by atoms with Crippen LogP contribution in [0.3, 0.4) is 0 Å². The van der Waals surface area contributed by atoms with Gasteiger partial charge < -0.3 is 26.0 Å².